The molecular formula is C28H27ClN4O3. The molecule has 7 nitrogen and oxygen atoms in total. The number of hydrogen-bond acceptors (Lipinski definition) is 5. The molecule has 8 heteroatoms. The van der Waals surface area contributed by atoms with Gasteiger partial charge in [0.05, 0.1) is 16.6 Å². The SMILES string of the molecule is N#Cc1ccccc1C(C(=O)NC1CCCCC1)N(Cc1ccc(Cl)cc1)c1ccccc1[N+](=O)[O-]. The second kappa shape index (κ2) is 11.7. The molecule has 1 aliphatic rings. The molecule has 1 atom stereocenters. The monoisotopic (exact) mass is 502 g/mol. The Hall–Kier alpha value is -3.89. The molecule has 0 heterocycles. The van der Waals surface area contributed by atoms with Crippen LogP contribution in [-0.2, 0) is 11.3 Å². The van der Waals surface area contributed by atoms with Gasteiger partial charge < -0.3 is 10.2 Å². The van der Waals surface area contributed by atoms with Gasteiger partial charge in [0, 0.05) is 29.2 Å². The zero-order valence-corrected chi connectivity index (χ0v) is 20.5. The zero-order valence-electron chi connectivity index (χ0n) is 19.8. The van der Waals surface area contributed by atoms with Crippen molar-refractivity contribution in [2.24, 2.45) is 0 Å². The van der Waals surface area contributed by atoms with E-state index in [0.717, 1.165) is 37.7 Å². The summed E-state index contributed by atoms with van der Waals surface area (Å²) in [6, 6.07) is 21.7. The molecule has 1 fully saturated rings. The molecule has 1 N–H and O–H groups in total. The van der Waals surface area contributed by atoms with Crippen LogP contribution in [0.5, 0.6) is 0 Å². The van der Waals surface area contributed by atoms with E-state index in [1.54, 1.807) is 59.5 Å². The van der Waals surface area contributed by atoms with E-state index >= 15 is 0 Å². The number of nitro groups is 1. The minimum atomic E-state index is -0.959. The van der Waals surface area contributed by atoms with Gasteiger partial charge in [-0.05, 0) is 42.7 Å². The highest BCUT2D eigenvalue weighted by molar-refractivity contribution is 6.30. The van der Waals surface area contributed by atoms with E-state index < -0.39 is 11.0 Å². The first-order valence-corrected chi connectivity index (χ1v) is 12.4. The molecular weight excluding hydrogens is 476 g/mol. The fourth-order valence-electron chi connectivity index (χ4n) is 4.78. The summed E-state index contributed by atoms with van der Waals surface area (Å²) in [4.78, 5) is 27.2. The Kier molecular flexibility index (Phi) is 8.19. The number of rotatable bonds is 8. The van der Waals surface area contributed by atoms with Crippen molar-refractivity contribution < 1.29 is 9.72 Å². The van der Waals surface area contributed by atoms with Crippen LogP contribution in [0.4, 0.5) is 11.4 Å². The first kappa shape index (κ1) is 25.2. The van der Waals surface area contributed by atoms with Crippen molar-refractivity contribution in [3.05, 3.63) is 105 Å². The van der Waals surface area contributed by atoms with E-state index in [1.165, 1.54) is 6.07 Å². The van der Waals surface area contributed by atoms with Crippen molar-refractivity contribution in [3.8, 4) is 6.07 Å². The highest BCUT2D eigenvalue weighted by Crippen LogP contribution is 2.37. The van der Waals surface area contributed by atoms with Gasteiger partial charge >= 0.3 is 0 Å². The first-order chi connectivity index (χ1) is 17.5. The molecule has 3 aromatic carbocycles. The van der Waals surface area contributed by atoms with Crippen molar-refractivity contribution in [1.29, 1.82) is 5.26 Å². The maximum absolute atomic E-state index is 14.0. The lowest BCUT2D eigenvalue weighted by Gasteiger charge is -2.35. The topological polar surface area (TPSA) is 99.3 Å². The van der Waals surface area contributed by atoms with Gasteiger partial charge in [-0.25, -0.2) is 0 Å². The Morgan fingerprint density at radius 2 is 1.72 bits per heavy atom. The minimum absolute atomic E-state index is 0.0335. The number of amides is 1. The Labute approximate surface area is 215 Å². The molecule has 0 saturated heterocycles. The maximum atomic E-state index is 14.0. The largest absolute Gasteiger partial charge is 0.351 e. The lowest BCUT2D eigenvalue weighted by atomic mass is 9.93. The quantitative estimate of drug-likeness (QED) is 0.287. The van der Waals surface area contributed by atoms with E-state index in [9.17, 15) is 20.2 Å². The van der Waals surface area contributed by atoms with E-state index in [0.29, 0.717) is 21.8 Å². The maximum Gasteiger partial charge on any atom is 0.292 e. The molecule has 0 spiro atoms. The third-order valence-corrected chi connectivity index (χ3v) is 6.79. The second-order valence-corrected chi connectivity index (χ2v) is 9.38. The molecule has 1 saturated carbocycles. The van der Waals surface area contributed by atoms with Gasteiger partial charge in [0.1, 0.15) is 11.7 Å². The molecule has 36 heavy (non-hydrogen) atoms. The summed E-state index contributed by atoms with van der Waals surface area (Å²) < 4.78 is 0. The lowest BCUT2D eigenvalue weighted by molar-refractivity contribution is -0.384. The molecule has 0 bridgehead atoms. The van der Waals surface area contributed by atoms with Crippen LogP contribution in [0.15, 0.2) is 72.8 Å². The van der Waals surface area contributed by atoms with Crippen molar-refractivity contribution in [2.75, 3.05) is 4.90 Å². The lowest BCUT2D eigenvalue weighted by Crippen LogP contribution is -2.45. The van der Waals surface area contributed by atoms with Crippen LogP contribution < -0.4 is 10.2 Å². The standard InChI is InChI=1S/C28H27ClN4O3/c29-22-16-14-20(15-17-22)19-32(25-12-6-7-13-26(25)33(35)36)27(24-11-5-4-8-21(24)18-30)28(34)31-23-9-2-1-3-10-23/h4-8,11-17,23,27H,1-3,9-10,19H2,(H,31,34). The highest BCUT2D eigenvalue weighted by atomic mass is 35.5. The summed E-state index contributed by atoms with van der Waals surface area (Å²) in [5.74, 6) is -0.281. The Bertz CT molecular complexity index is 1270. The highest BCUT2D eigenvalue weighted by Gasteiger charge is 2.34. The summed E-state index contributed by atoms with van der Waals surface area (Å²) in [6.45, 7) is 0.199. The summed E-state index contributed by atoms with van der Waals surface area (Å²) in [5, 5.41) is 25.6. The minimum Gasteiger partial charge on any atom is -0.351 e. The number of nitriles is 1. The first-order valence-electron chi connectivity index (χ1n) is 12.0. The Morgan fingerprint density at radius 1 is 1.06 bits per heavy atom. The van der Waals surface area contributed by atoms with Crippen LogP contribution in [0.2, 0.25) is 5.02 Å². The average Bonchev–Trinajstić information content (AvgIpc) is 2.90. The molecule has 3 aromatic rings. The summed E-state index contributed by atoms with van der Waals surface area (Å²) in [5.41, 5.74) is 1.86. The number of hydrogen-bond donors (Lipinski definition) is 1. The summed E-state index contributed by atoms with van der Waals surface area (Å²) >= 11 is 6.09. The number of para-hydroxylation sites is 2. The van der Waals surface area contributed by atoms with E-state index in [1.807, 2.05) is 12.1 Å². The zero-order chi connectivity index (χ0) is 25.5. The van der Waals surface area contributed by atoms with E-state index in [2.05, 4.69) is 11.4 Å². The smallest absolute Gasteiger partial charge is 0.292 e. The van der Waals surface area contributed by atoms with E-state index in [-0.39, 0.29) is 24.2 Å². The number of benzene rings is 3. The van der Waals surface area contributed by atoms with Crippen LogP contribution in [0.3, 0.4) is 0 Å². The van der Waals surface area contributed by atoms with Crippen molar-refractivity contribution in [1.82, 2.24) is 5.32 Å². The number of nitrogens with zero attached hydrogens (tertiary/aromatic N) is 3. The van der Waals surface area contributed by atoms with Gasteiger partial charge in [0.2, 0.25) is 5.91 Å². The van der Waals surface area contributed by atoms with Gasteiger partial charge in [-0.3, -0.25) is 14.9 Å². The van der Waals surface area contributed by atoms with Crippen molar-refractivity contribution >= 4 is 28.9 Å². The van der Waals surface area contributed by atoms with Gasteiger partial charge in [0.15, 0.2) is 0 Å². The Morgan fingerprint density at radius 3 is 2.42 bits per heavy atom. The van der Waals surface area contributed by atoms with Gasteiger partial charge in [-0.15, -0.1) is 0 Å². The molecule has 4 rings (SSSR count). The second-order valence-electron chi connectivity index (χ2n) is 8.95. The fourth-order valence-corrected chi connectivity index (χ4v) is 4.90. The number of halogens is 1. The number of nitrogens with one attached hydrogen (secondary N) is 1. The van der Waals surface area contributed by atoms with Gasteiger partial charge in [0.25, 0.3) is 5.69 Å². The number of carbonyl (C=O) groups is 1. The predicted molar refractivity (Wildman–Crippen MR) is 140 cm³/mol. The molecule has 1 aliphatic carbocycles. The predicted octanol–water partition coefficient (Wildman–Crippen LogP) is 6.32. The molecule has 0 aromatic heterocycles. The third-order valence-electron chi connectivity index (χ3n) is 6.54. The summed E-state index contributed by atoms with van der Waals surface area (Å²) in [7, 11) is 0. The van der Waals surface area contributed by atoms with Crippen molar-refractivity contribution in [3.63, 3.8) is 0 Å². The fraction of sp³-hybridized carbons (Fsp3) is 0.286. The number of anilines is 1. The van der Waals surface area contributed by atoms with Crippen LogP contribution in [0, 0.1) is 21.4 Å². The average molecular weight is 503 g/mol. The Balaban J connectivity index is 1.86. The normalized spacial score (nSPS) is 14.4. The molecule has 184 valence electrons. The van der Waals surface area contributed by atoms with Crippen LogP contribution in [-0.4, -0.2) is 16.9 Å². The van der Waals surface area contributed by atoms with Crippen LogP contribution >= 0.6 is 11.6 Å². The number of carbonyl (C=O) groups excluding carboxylic acids is 1. The third kappa shape index (κ3) is 5.84. The van der Waals surface area contributed by atoms with Gasteiger partial charge in [-0.2, -0.15) is 5.26 Å². The van der Waals surface area contributed by atoms with Crippen molar-refractivity contribution in [2.45, 2.75) is 50.7 Å². The van der Waals surface area contributed by atoms with E-state index in [4.69, 9.17) is 11.6 Å². The molecule has 0 aliphatic heterocycles. The number of nitro benzene ring substituents is 1. The molecule has 1 amide bonds. The molecule has 0 radical (unpaired) electrons. The van der Waals surface area contributed by atoms with Crippen LogP contribution in [0.1, 0.15) is 54.8 Å². The van der Waals surface area contributed by atoms with Gasteiger partial charge in [-0.1, -0.05) is 73.3 Å². The summed E-state index contributed by atoms with van der Waals surface area (Å²) in [6.07, 6.45) is 5.01. The molecule has 1 unspecified atom stereocenters. The van der Waals surface area contributed by atoms with Crippen LogP contribution in [0.25, 0.3) is 0 Å².